The number of pyridine rings is 2. The zero-order chi connectivity index (χ0) is 46.2. The molecule has 1 atom stereocenters. The summed E-state index contributed by atoms with van der Waals surface area (Å²) in [5.74, 6) is -2.62. The van der Waals surface area contributed by atoms with E-state index >= 15 is 8.78 Å². The first-order valence-electron chi connectivity index (χ1n) is 21.1. The molecule has 0 saturated carbocycles. The van der Waals surface area contributed by atoms with E-state index in [-0.39, 0.29) is 54.6 Å². The van der Waals surface area contributed by atoms with Crippen LogP contribution in [0.4, 0.5) is 31.7 Å². The molecule has 2 aromatic carbocycles. The van der Waals surface area contributed by atoms with Gasteiger partial charge in [-0.1, -0.05) is 18.5 Å². The van der Waals surface area contributed by atoms with Gasteiger partial charge < -0.3 is 30.1 Å². The zero-order valence-electron chi connectivity index (χ0n) is 35.5. The molecular formula is C44H47ClF2N10O7S. The third-order valence-electron chi connectivity index (χ3n) is 12.3. The number of carbonyl (C=O) groups excluding carboxylic acids is 4. The number of aromatic nitrogens is 3. The first-order valence-corrected chi connectivity index (χ1v) is 22.9. The van der Waals surface area contributed by atoms with Crippen LogP contribution in [0.2, 0.25) is 5.02 Å². The van der Waals surface area contributed by atoms with Gasteiger partial charge in [-0.05, 0) is 67.8 Å². The van der Waals surface area contributed by atoms with E-state index in [0.29, 0.717) is 85.0 Å². The minimum atomic E-state index is -4.09. The van der Waals surface area contributed by atoms with Crippen LogP contribution < -0.4 is 25.2 Å². The summed E-state index contributed by atoms with van der Waals surface area (Å²) in [6, 6.07) is 11.8. The monoisotopic (exact) mass is 932 g/mol. The van der Waals surface area contributed by atoms with Crippen LogP contribution >= 0.6 is 11.6 Å². The van der Waals surface area contributed by atoms with Gasteiger partial charge in [0.2, 0.25) is 17.7 Å². The standard InChI is InChI=1S/C44H47ClF2N10O7S/c1-3-54(2)65(63,64)53-33-7-6-31(45)39(40(33)47)41(60)30-25-50-42-29(30)20-27(24-49-42)26-4-10-36(48-23-26)56-16-18-57(19-17-56)38(59)22-44(62)12-14-55(15-13-44)35-9-5-28(21-32(35)46)51-34-8-11-37(58)52-43(34)61/h4-7,9-10,20-21,23-25,34,51,53,62H,3,8,11-19,22H2,1-2H3,(H,49,50)(H,52,58,61). The minimum Gasteiger partial charge on any atom is -0.389 e. The number of piperazine rings is 1. The van der Waals surface area contributed by atoms with Crippen LogP contribution in [0.1, 0.15) is 54.9 Å². The molecule has 17 nitrogen and oxygen atoms in total. The van der Waals surface area contributed by atoms with E-state index in [4.69, 9.17) is 11.6 Å². The summed E-state index contributed by atoms with van der Waals surface area (Å²) >= 11 is 6.31. The number of benzene rings is 2. The Morgan fingerprint density at radius 3 is 2.38 bits per heavy atom. The number of fused-ring (bicyclic) bond motifs is 1. The molecule has 3 aliphatic heterocycles. The number of halogens is 3. The number of nitrogens with zero attached hydrogens (tertiary/aromatic N) is 6. The number of carbonyl (C=O) groups is 4. The number of amides is 3. The van der Waals surface area contributed by atoms with Crippen molar-refractivity contribution in [2.24, 2.45) is 0 Å². The van der Waals surface area contributed by atoms with Crippen LogP contribution in [0.5, 0.6) is 0 Å². The van der Waals surface area contributed by atoms with Crippen molar-refractivity contribution >= 4 is 79.2 Å². The third-order valence-corrected chi connectivity index (χ3v) is 14.1. The molecule has 5 aromatic rings. The van der Waals surface area contributed by atoms with E-state index in [1.54, 1.807) is 42.4 Å². The number of hydrogen-bond donors (Lipinski definition) is 5. The van der Waals surface area contributed by atoms with E-state index in [9.17, 15) is 32.7 Å². The maximum atomic E-state index is 15.8. The highest BCUT2D eigenvalue weighted by Gasteiger charge is 2.37. The normalized spacial score (nSPS) is 18.0. The highest BCUT2D eigenvalue weighted by Crippen LogP contribution is 2.34. The molecule has 65 heavy (non-hydrogen) atoms. The number of ketones is 1. The number of aliphatic hydroxyl groups is 1. The molecule has 0 spiro atoms. The summed E-state index contributed by atoms with van der Waals surface area (Å²) in [4.78, 5) is 68.5. The molecule has 3 fully saturated rings. The topological polar surface area (TPSA) is 213 Å². The Labute approximate surface area is 378 Å². The maximum Gasteiger partial charge on any atom is 0.301 e. The molecule has 21 heteroatoms. The van der Waals surface area contributed by atoms with E-state index in [2.05, 4.69) is 35.2 Å². The highest BCUT2D eigenvalue weighted by molar-refractivity contribution is 7.90. The molecule has 3 aromatic heterocycles. The molecule has 8 rings (SSSR count). The predicted octanol–water partition coefficient (Wildman–Crippen LogP) is 4.68. The molecule has 1 unspecified atom stereocenters. The highest BCUT2D eigenvalue weighted by atomic mass is 35.5. The second-order valence-electron chi connectivity index (χ2n) is 16.4. The van der Waals surface area contributed by atoms with Crippen molar-refractivity contribution in [1.82, 2.24) is 29.5 Å². The van der Waals surface area contributed by atoms with Crippen LogP contribution in [0, 0.1) is 11.6 Å². The lowest BCUT2D eigenvalue weighted by molar-refractivity contribution is -0.138. The van der Waals surface area contributed by atoms with Gasteiger partial charge in [-0.3, -0.25) is 29.2 Å². The lowest BCUT2D eigenvalue weighted by Gasteiger charge is -2.41. The molecule has 3 aliphatic rings. The van der Waals surface area contributed by atoms with Crippen molar-refractivity contribution in [3.8, 4) is 11.1 Å². The summed E-state index contributed by atoms with van der Waals surface area (Å²) in [6.07, 6.45) is 5.70. The summed E-state index contributed by atoms with van der Waals surface area (Å²) in [6.45, 7) is 4.32. The largest absolute Gasteiger partial charge is 0.389 e. The maximum absolute atomic E-state index is 15.8. The molecule has 3 saturated heterocycles. The first kappa shape index (κ1) is 45.4. The van der Waals surface area contributed by atoms with Crippen LogP contribution in [0.25, 0.3) is 22.2 Å². The quantitative estimate of drug-likeness (QED) is 0.0805. The first-order chi connectivity index (χ1) is 31.0. The van der Waals surface area contributed by atoms with Crippen molar-refractivity contribution in [2.45, 2.75) is 50.7 Å². The van der Waals surface area contributed by atoms with Gasteiger partial charge in [0.25, 0.3) is 0 Å². The molecule has 0 radical (unpaired) electrons. The van der Waals surface area contributed by atoms with Gasteiger partial charge in [-0.2, -0.15) is 12.7 Å². The van der Waals surface area contributed by atoms with Crippen molar-refractivity contribution in [2.75, 3.05) is 72.7 Å². The van der Waals surface area contributed by atoms with E-state index < -0.39 is 56.4 Å². The fraction of sp³-hybridized carbons (Fsp3) is 0.364. The van der Waals surface area contributed by atoms with Crippen LogP contribution in [-0.2, 0) is 24.6 Å². The van der Waals surface area contributed by atoms with E-state index in [1.807, 2.05) is 17.0 Å². The van der Waals surface area contributed by atoms with Crippen molar-refractivity contribution in [3.05, 3.63) is 94.9 Å². The average molecular weight is 933 g/mol. The lowest BCUT2D eigenvalue weighted by Crippen LogP contribution is -2.52. The van der Waals surface area contributed by atoms with Gasteiger partial charge in [0.1, 0.15) is 23.3 Å². The number of H-pyrrole nitrogens is 1. The van der Waals surface area contributed by atoms with Crippen molar-refractivity contribution < 1.29 is 41.5 Å². The van der Waals surface area contributed by atoms with Gasteiger partial charge in [0.15, 0.2) is 11.6 Å². The Morgan fingerprint density at radius 2 is 1.71 bits per heavy atom. The molecule has 0 aliphatic carbocycles. The number of hydrogen-bond acceptors (Lipinski definition) is 12. The number of anilines is 4. The molecular weight excluding hydrogens is 886 g/mol. The number of aromatic amines is 1. The van der Waals surface area contributed by atoms with E-state index in [0.717, 1.165) is 10.4 Å². The smallest absolute Gasteiger partial charge is 0.301 e. The van der Waals surface area contributed by atoms with Crippen LogP contribution in [-0.4, -0.2) is 126 Å². The minimum absolute atomic E-state index is 0.0509. The predicted molar refractivity (Wildman–Crippen MR) is 241 cm³/mol. The lowest BCUT2D eigenvalue weighted by atomic mass is 9.87. The number of imide groups is 1. The summed E-state index contributed by atoms with van der Waals surface area (Å²) in [5.41, 5.74) is 0.387. The zero-order valence-corrected chi connectivity index (χ0v) is 37.1. The van der Waals surface area contributed by atoms with Gasteiger partial charge in [-0.15, -0.1) is 0 Å². The molecule has 342 valence electrons. The van der Waals surface area contributed by atoms with Gasteiger partial charge in [0, 0.05) is 106 Å². The van der Waals surface area contributed by atoms with Gasteiger partial charge in [0.05, 0.1) is 34.0 Å². The Hall–Kier alpha value is -6.22. The summed E-state index contributed by atoms with van der Waals surface area (Å²) < 4.78 is 59.4. The fourth-order valence-electron chi connectivity index (χ4n) is 8.26. The number of nitrogens with one attached hydrogen (secondary N) is 4. The van der Waals surface area contributed by atoms with Crippen molar-refractivity contribution in [1.29, 1.82) is 0 Å². The second kappa shape index (κ2) is 18.3. The second-order valence-corrected chi connectivity index (χ2v) is 18.6. The Balaban J connectivity index is 0.851. The fourth-order valence-corrected chi connectivity index (χ4v) is 9.42. The Kier molecular flexibility index (Phi) is 12.8. The average Bonchev–Trinajstić information content (AvgIpc) is 3.72. The van der Waals surface area contributed by atoms with Crippen molar-refractivity contribution in [3.63, 3.8) is 0 Å². The third kappa shape index (κ3) is 9.61. The summed E-state index contributed by atoms with van der Waals surface area (Å²) in [7, 11) is -2.75. The Bertz CT molecular complexity index is 2780. The van der Waals surface area contributed by atoms with Gasteiger partial charge >= 0.3 is 10.2 Å². The SMILES string of the molecule is CCN(C)S(=O)(=O)Nc1ccc(Cl)c(C(=O)c2c[nH]c3ncc(-c4ccc(N5CCN(C(=O)CC6(O)CCN(c7ccc(NC8CCC(=O)NC8=O)cc7F)CC6)CC5)nc4)cc23)c1F. The molecule has 0 bridgehead atoms. The number of piperidine rings is 2. The molecule has 3 amide bonds. The van der Waals surface area contributed by atoms with E-state index in [1.165, 1.54) is 25.4 Å². The molecule has 6 heterocycles. The Morgan fingerprint density at radius 1 is 0.969 bits per heavy atom. The van der Waals surface area contributed by atoms with Crippen LogP contribution in [0.3, 0.4) is 0 Å². The number of rotatable bonds is 13. The van der Waals surface area contributed by atoms with Crippen LogP contribution in [0.15, 0.2) is 67.1 Å². The molecule has 5 N–H and O–H groups in total. The summed E-state index contributed by atoms with van der Waals surface area (Å²) in [5, 5.41) is 16.9. The van der Waals surface area contributed by atoms with Gasteiger partial charge in [-0.25, -0.2) is 18.7 Å².